The smallest absolute Gasteiger partial charge is 0.0445 e. The molecule has 2 rings (SSSR count). The largest absolute Gasteiger partial charge is 0.367 e. The van der Waals surface area contributed by atoms with Gasteiger partial charge in [0.15, 0.2) is 0 Å². The van der Waals surface area contributed by atoms with Crippen LogP contribution in [0.15, 0.2) is 30.6 Å². The van der Waals surface area contributed by atoms with Gasteiger partial charge in [0.2, 0.25) is 0 Å². The molecule has 1 aromatic heterocycles. The summed E-state index contributed by atoms with van der Waals surface area (Å²) < 4.78 is 0. The number of nitrogens with one attached hydrogen (secondary N) is 1. The van der Waals surface area contributed by atoms with Gasteiger partial charge in [0.25, 0.3) is 0 Å². The van der Waals surface area contributed by atoms with Crippen molar-refractivity contribution in [1.29, 1.82) is 0 Å². The Kier molecular flexibility index (Phi) is 4.56. The molecule has 1 aliphatic rings. The summed E-state index contributed by atoms with van der Waals surface area (Å²) in [5.74, 6) is 0. The zero-order chi connectivity index (χ0) is 11.9. The molecule has 0 aliphatic carbocycles. The maximum atomic E-state index is 4.23. The molecular formula is C14H21N3. The summed E-state index contributed by atoms with van der Waals surface area (Å²) in [6.07, 6.45) is 10.7. The fourth-order valence-electron chi connectivity index (χ4n) is 2.12. The average Bonchev–Trinajstić information content (AvgIpc) is 2.41. The van der Waals surface area contributed by atoms with E-state index in [0.717, 1.165) is 32.6 Å². The summed E-state index contributed by atoms with van der Waals surface area (Å²) in [7, 11) is 0. The molecule has 0 aromatic carbocycles. The second kappa shape index (κ2) is 6.40. The minimum absolute atomic E-state index is 0.914. The monoisotopic (exact) mass is 231 g/mol. The van der Waals surface area contributed by atoms with Crippen LogP contribution in [0.5, 0.6) is 0 Å². The molecule has 0 atom stereocenters. The van der Waals surface area contributed by atoms with Crippen molar-refractivity contribution < 1.29 is 0 Å². The van der Waals surface area contributed by atoms with Crippen molar-refractivity contribution in [1.82, 2.24) is 10.3 Å². The highest BCUT2D eigenvalue weighted by Gasteiger charge is 2.11. The minimum atomic E-state index is 0.914. The summed E-state index contributed by atoms with van der Waals surface area (Å²) in [5, 5.41) is 3.45. The average molecular weight is 231 g/mol. The summed E-state index contributed by atoms with van der Waals surface area (Å²) in [6, 6.07) is 2.13. The zero-order valence-corrected chi connectivity index (χ0v) is 10.5. The van der Waals surface area contributed by atoms with Gasteiger partial charge in [0.1, 0.15) is 0 Å². The molecule has 92 valence electrons. The fraction of sp³-hybridized carbons (Fsp3) is 0.500. The molecule has 0 bridgehead atoms. The van der Waals surface area contributed by atoms with Gasteiger partial charge in [-0.2, -0.15) is 0 Å². The highest BCUT2D eigenvalue weighted by Crippen LogP contribution is 2.21. The lowest BCUT2D eigenvalue weighted by atomic mass is 10.1. The highest BCUT2D eigenvalue weighted by atomic mass is 15.1. The van der Waals surface area contributed by atoms with Gasteiger partial charge >= 0.3 is 0 Å². The van der Waals surface area contributed by atoms with Gasteiger partial charge in [0, 0.05) is 43.3 Å². The summed E-state index contributed by atoms with van der Waals surface area (Å²) >= 11 is 0. The van der Waals surface area contributed by atoms with Gasteiger partial charge in [-0.25, -0.2) is 0 Å². The van der Waals surface area contributed by atoms with Crippen molar-refractivity contribution in [3.63, 3.8) is 0 Å². The topological polar surface area (TPSA) is 28.2 Å². The molecule has 1 aliphatic heterocycles. The van der Waals surface area contributed by atoms with Gasteiger partial charge in [-0.05, 0) is 25.5 Å². The van der Waals surface area contributed by atoms with E-state index in [-0.39, 0.29) is 0 Å². The van der Waals surface area contributed by atoms with E-state index >= 15 is 0 Å². The summed E-state index contributed by atoms with van der Waals surface area (Å²) in [4.78, 5) is 6.66. The molecule has 2 heterocycles. The first kappa shape index (κ1) is 12.1. The predicted molar refractivity (Wildman–Crippen MR) is 72.2 cm³/mol. The molecular weight excluding hydrogens is 210 g/mol. The van der Waals surface area contributed by atoms with Crippen molar-refractivity contribution in [3.05, 3.63) is 36.2 Å². The maximum Gasteiger partial charge on any atom is 0.0445 e. The molecule has 0 saturated carbocycles. The molecule has 3 heteroatoms. The molecule has 0 unspecified atom stereocenters. The Morgan fingerprint density at radius 1 is 1.41 bits per heavy atom. The number of hydrogen-bond donors (Lipinski definition) is 1. The molecule has 0 amide bonds. The number of pyridine rings is 1. The van der Waals surface area contributed by atoms with E-state index in [1.165, 1.54) is 17.7 Å². The second-order valence-electron chi connectivity index (χ2n) is 4.39. The molecule has 0 fully saturated rings. The Balaban J connectivity index is 2.06. The number of anilines is 1. The maximum absolute atomic E-state index is 4.23. The van der Waals surface area contributed by atoms with Crippen LogP contribution in [0.3, 0.4) is 0 Å². The lowest BCUT2D eigenvalue weighted by Gasteiger charge is -2.27. The first-order chi connectivity index (χ1) is 8.42. The number of nitrogens with zero attached hydrogens (tertiary/aromatic N) is 2. The quantitative estimate of drug-likeness (QED) is 0.623. The second-order valence-corrected chi connectivity index (χ2v) is 4.39. The van der Waals surface area contributed by atoms with Gasteiger partial charge in [-0.3, -0.25) is 4.98 Å². The zero-order valence-electron chi connectivity index (χ0n) is 10.5. The van der Waals surface area contributed by atoms with Crippen LogP contribution in [0.4, 0.5) is 5.69 Å². The van der Waals surface area contributed by atoms with Crippen molar-refractivity contribution in [3.8, 4) is 0 Å². The van der Waals surface area contributed by atoms with Crippen LogP contribution in [0, 0.1) is 0 Å². The van der Waals surface area contributed by atoms with Crippen LogP contribution >= 0.6 is 0 Å². The Morgan fingerprint density at radius 3 is 3.12 bits per heavy atom. The Morgan fingerprint density at radius 2 is 2.35 bits per heavy atom. The number of hydrogen-bond acceptors (Lipinski definition) is 3. The summed E-state index contributed by atoms with van der Waals surface area (Å²) in [5.41, 5.74) is 2.63. The Bertz CT molecular complexity index is 373. The lowest BCUT2D eigenvalue weighted by molar-refractivity contribution is 0.670. The summed E-state index contributed by atoms with van der Waals surface area (Å²) in [6.45, 7) is 6.30. The third-order valence-corrected chi connectivity index (χ3v) is 3.02. The van der Waals surface area contributed by atoms with E-state index in [9.17, 15) is 0 Å². The molecule has 1 aromatic rings. The Hall–Kier alpha value is -1.35. The van der Waals surface area contributed by atoms with Gasteiger partial charge in [0.05, 0.1) is 0 Å². The van der Waals surface area contributed by atoms with Crippen molar-refractivity contribution in [2.24, 2.45) is 0 Å². The van der Waals surface area contributed by atoms with Crippen LogP contribution in [0.2, 0.25) is 0 Å². The van der Waals surface area contributed by atoms with E-state index < -0.39 is 0 Å². The highest BCUT2D eigenvalue weighted by molar-refractivity contribution is 5.53. The first-order valence-electron chi connectivity index (χ1n) is 6.45. The molecule has 17 heavy (non-hydrogen) atoms. The van der Waals surface area contributed by atoms with E-state index in [2.05, 4.69) is 40.3 Å². The first-order valence-corrected chi connectivity index (χ1v) is 6.45. The fourth-order valence-corrected chi connectivity index (χ4v) is 2.12. The third-order valence-electron chi connectivity index (χ3n) is 3.02. The van der Waals surface area contributed by atoms with Gasteiger partial charge in [-0.1, -0.05) is 19.1 Å². The van der Waals surface area contributed by atoms with Crippen LogP contribution < -0.4 is 10.2 Å². The van der Waals surface area contributed by atoms with Crippen LogP contribution in [-0.2, 0) is 6.54 Å². The molecule has 1 N–H and O–H groups in total. The third kappa shape index (κ3) is 3.30. The number of rotatable bonds is 5. The molecule has 0 saturated heterocycles. The predicted octanol–water partition coefficient (Wildman–Crippen LogP) is 2.35. The van der Waals surface area contributed by atoms with Crippen molar-refractivity contribution in [2.45, 2.75) is 26.3 Å². The standard InChI is InChI=1S/C14H21N3/c1-2-7-15-11-13-12-16-8-6-14(13)17-9-4-3-5-10-17/h3-4,6,8,12,15H,2,5,7,9-11H2,1H3. The van der Waals surface area contributed by atoms with E-state index in [4.69, 9.17) is 0 Å². The van der Waals surface area contributed by atoms with E-state index in [1.54, 1.807) is 0 Å². The van der Waals surface area contributed by atoms with Crippen LogP contribution in [0.25, 0.3) is 0 Å². The lowest BCUT2D eigenvalue weighted by Crippen LogP contribution is -2.28. The van der Waals surface area contributed by atoms with Crippen LogP contribution in [-0.4, -0.2) is 24.6 Å². The van der Waals surface area contributed by atoms with Crippen molar-refractivity contribution >= 4 is 5.69 Å². The molecule has 3 nitrogen and oxygen atoms in total. The van der Waals surface area contributed by atoms with Gasteiger partial charge < -0.3 is 10.2 Å². The molecule has 0 spiro atoms. The van der Waals surface area contributed by atoms with E-state index in [1.807, 2.05) is 12.4 Å². The van der Waals surface area contributed by atoms with Gasteiger partial charge in [-0.15, -0.1) is 0 Å². The molecule has 0 radical (unpaired) electrons. The number of aromatic nitrogens is 1. The minimum Gasteiger partial charge on any atom is -0.367 e. The Labute approximate surface area is 104 Å². The van der Waals surface area contributed by atoms with E-state index in [0.29, 0.717) is 0 Å². The van der Waals surface area contributed by atoms with Crippen LogP contribution in [0.1, 0.15) is 25.3 Å². The van der Waals surface area contributed by atoms with Crippen molar-refractivity contribution in [2.75, 3.05) is 24.5 Å². The normalized spacial score (nSPS) is 15.2. The SMILES string of the molecule is CCCNCc1cnccc1N1CC=CCC1.